The van der Waals surface area contributed by atoms with Crippen LogP contribution in [-0.4, -0.2) is 27.0 Å². The largest absolute Gasteiger partial charge is 0.867 e. The number of hydrogen-bond acceptors (Lipinski definition) is 12. The molecule has 0 saturated carbocycles. The Morgan fingerprint density at radius 3 is 1.35 bits per heavy atom. The van der Waals surface area contributed by atoms with E-state index in [1.807, 2.05) is 0 Å². The molecular formula is C35H24N4O10S2. The van der Waals surface area contributed by atoms with E-state index in [9.17, 15) is 37.3 Å². The van der Waals surface area contributed by atoms with E-state index in [1.54, 1.807) is 13.8 Å². The minimum atomic E-state index is -4.53. The molecule has 51 heavy (non-hydrogen) atoms. The van der Waals surface area contributed by atoms with Crippen LogP contribution in [0.4, 0.5) is 11.4 Å². The van der Waals surface area contributed by atoms with Gasteiger partial charge in [-0.3, -0.25) is 0 Å². The second-order valence-electron chi connectivity index (χ2n) is 11.5. The van der Waals surface area contributed by atoms with E-state index >= 15 is 0 Å². The molecule has 0 radical (unpaired) electrons. The van der Waals surface area contributed by atoms with E-state index < -0.39 is 31.7 Å². The normalized spacial score (nSPS) is 11.6. The summed E-state index contributed by atoms with van der Waals surface area (Å²) in [7, 11) is -9.06. The maximum absolute atomic E-state index is 13.3. The molecule has 0 aromatic heterocycles. The zero-order chi connectivity index (χ0) is 36.8. The summed E-state index contributed by atoms with van der Waals surface area (Å²) < 4.78 is 63.9. The summed E-state index contributed by atoms with van der Waals surface area (Å²) in [6, 6.07) is 17.8. The first-order chi connectivity index (χ1) is 24.1. The molecule has 6 aromatic carbocycles. The van der Waals surface area contributed by atoms with Crippen LogP contribution in [0.1, 0.15) is 22.3 Å². The topological polar surface area (TPSA) is 230 Å². The second-order valence-corrected chi connectivity index (χ2v) is 14.5. The van der Waals surface area contributed by atoms with E-state index in [1.165, 1.54) is 72.8 Å². The van der Waals surface area contributed by atoms with Crippen LogP contribution >= 0.6 is 0 Å². The van der Waals surface area contributed by atoms with Gasteiger partial charge in [-0.1, -0.05) is 24.3 Å². The Morgan fingerprint density at radius 1 is 0.608 bits per heavy atom. The fraction of sp³-hybridized carbons (Fsp3) is 0.0857. The van der Waals surface area contributed by atoms with Crippen LogP contribution in [0.15, 0.2) is 94.7 Å². The third-order valence-electron chi connectivity index (χ3n) is 8.27. The van der Waals surface area contributed by atoms with E-state index in [4.69, 9.17) is 19.2 Å². The van der Waals surface area contributed by atoms with E-state index in [0.29, 0.717) is 22.3 Å². The van der Waals surface area contributed by atoms with Gasteiger partial charge in [0.05, 0.1) is 0 Å². The number of aromatic hydroxyl groups is 2. The summed E-state index contributed by atoms with van der Waals surface area (Å²) in [5, 5.41) is 65.1. The average molecular weight is 725 g/mol. The van der Waals surface area contributed by atoms with Gasteiger partial charge in [0, 0.05) is 52.6 Å². The lowest BCUT2D eigenvalue weighted by Crippen LogP contribution is -2.11. The Labute approximate surface area is 290 Å². The highest BCUT2D eigenvalue weighted by Crippen LogP contribution is 2.40. The fourth-order valence-electron chi connectivity index (χ4n) is 5.78. The minimum absolute atomic E-state index is 0.00561. The number of rotatable bonds is 8. The molecule has 0 aliphatic heterocycles. The quantitative estimate of drug-likeness (QED) is 0.131. The number of diazo groups is 2. The molecule has 6 aromatic rings. The van der Waals surface area contributed by atoms with Crippen LogP contribution in [0.25, 0.3) is 31.5 Å². The number of hydrogen-bond donors (Lipinski definition) is 2. The summed E-state index contributed by atoms with van der Waals surface area (Å²) in [5.41, 5.74) is 0.861. The van der Waals surface area contributed by atoms with Gasteiger partial charge in [0.15, 0.2) is 9.95 Å². The third-order valence-corrected chi connectivity index (χ3v) is 10.9. The van der Waals surface area contributed by atoms with Crippen LogP contribution in [0.2, 0.25) is 0 Å². The average Bonchev–Trinajstić information content (AvgIpc) is 3.07. The zero-order valence-corrected chi connectivity index (χ0v) is 28.2. The Hall–Kier alpha value is -6.62. The highest BCUT2D eigenvalue weighted by molar-refractivity contribution is 7.87. The number of phenolic OH excluding ortho intramolecular Hbond substituents is 2. The highest BCUT2D eigenvalue weighted by Gasteiger charge is 2.25. The molecule has 0 fully saturated rings. The van der Waals surface area contributed by atoms with Crippen molar-refractivity contribution in [3.8, 4) is 34.5 Å². The molecule has 0 atom stereocenters. The van der Waals surface area contributed by atoms with Crippen LogP contribution in [0, 0.1) is 24.6 Å². The smallest absolute Gasteiger partial charge is 0.378 e. The van der Waals surface area contributed by atoms with Gasteiger partial charge in [-0.25, -0.2) is 0 Å². The number of fused-ring (bicyclic) bond motifs is 2. The lowest BCUT2D eigenvalue weighted by molar-refractivity contribution is -0.265. The van der Waals surface area contributed by atoms with Gasteiger partial charge in [-0.2, -0.15) is 16.8 Å². The molecule has 256 valence electrons. The van der Waals surface area contributed by atoms with Gasteiger partial charge in [-0.15, -0.1) is 0 Å². The molecule has 0 heterocycles. The van der Waals surface area contributed by atoms with Crippen molar-refractivity contribution in [2.75, 3.05) is 0 Å². The minimum Gasteiger partial charge on any atom is -0.867 e. The van der Waals surface area contributed by atoms with Crippen molar-refractivity contribution >= 4 is 53.2 Å². The second kappa shape index (κ2) is 12.7. The summed E-state index contributed by atoms with van der Waals surface area (Å²) in [6.45, 7) is 3.17. The number of phenols is 2. The van der Waals surface area contributed by atoms with Gasteiger partial charge in [0.25, 0.3) is 0 Å². The van der Waals surface area contributed by atoms with E-state index in [-0.39, 0.29) is 72.1 Å². The lowest BCUT2D eigenvalue weighted by Gasteiger charge is -2.17. The molecule has 0 spiro atoms. The van der Waals surface area contributed by atoms with Crippen molar-refractivity contribution in [3.05, 3.63) is 117 Å². The molecule has 0 aliphatic rings. The van der Waals surface area contributed by atoms with Crippen molar-refractivity contribution in [1.29, 1.82) is 10.8 Å². The van der Waals surface area contributed by atoms with Crippen molar-refractivity contribution in [1.82, 2.24) is 0 Å². The summed E-state index contributed by atoms with van der Waals surface area (Å²) in [6.07, 6.45) is -0.0585. The van der Waals surface area contributed by atoms with E-state index in [0.717, 1.165) is 12.1 Å². The van der Waals surface area contributed by atoms with Crippen LogP contribution in [-0.2, 0) is 26.7 Å². The molecule has 0 unspecified atom stereocenters. The van der Waals surface area contributed by atoms with E-state index in [2.05, 4.69) is 9.95 Å². The lowest BCUT2D eigenvalue weighted by atomic mass is 9.95. The molecule has 2 N–H and O–H groups in total. The maximum atomic E-state index is 13.3. The molecule has 0 bridgehead atoms. The molecular weight excluding hydrogens is 701 g/mol. The summed E-state index contributed by atoms with van der Waals surface area (Å²) in [4.78, 5) is 5.17. The standard InChI is InChI=1S/C35H24N4O10S2/c1-18-13-20(48-50(44,45)32-7-3-5-24-22(32)9-11-28(38-36)34(24)42)15-30(40)26(18)17-27-19(2)14-21(16-31(27)41)49-51(46,47)33-8-4-6-25-23(33)10-12-29(39-37)35(25)43/h3-16H,17H2,1-2H3,(H2-2,40,41,42,43). The van der Waals surface area contributed by atoms with Crippen molar-refractivity contribution in [2.45, 2.75) is 30.1 Å². The van der Waals surface area contributed by atoms with Crippen LogP contribution < -0.4 is 18.6 Å². The van der Waals surface area contributed by atoms with Crippen LogP contribution in [0.3, 0.4) is 0 Å². The molecule has 14 nitrogen and oxygen atoms in total. The van der Waals surface area contributed by atoms with Gasteiger partial charge in [0.1, 0.15) is 32.8 Å². The highest BCUT2D eigenvalue weighted by atomic mass is 32.2. The van der Waals surface area contributed by atoms with Gasteiger partial charge in [-0.05, 0) is 83.6 Å². The first kappa shape index (κ1) is 34.3. The fourth-order valence-corrected chi connectivity index (χ4v) is 8.05. The Kier molecular flexibility index (Phi) is 8.52. The maximum Gasteiger partial charge on any atom is 0.378 e. The van der Waals surface area contributed by atoms with Gasteiger partial charge >= 0.3 is 31.6 Å². The number of aryl methyl sites for hydroxylation is 2. The first-order valence-corrected chi connectivity index (χ1v) is 17.7. The van der Waals surface area contributed by atoms with Gasteiger partial charge in [0.2, 0.25) is 10.8 Å². The summed E-state index contributed by atoms with van der Waals surface area (Å²) >= 11 is 0. The summed E-state index contributed by atoms with van der Waals surface area (Å²) in [5.74, 6) is -2.54. The van der Waals surface area contributed by atoms with Crippen molar-refractivity contribution < 1.29 is 45.6 Å². The Bertz CT molecular complexity index is 2520. The Balaban J connectivity index is 1.26. The molecule has 0 amide bonds. The molecule has 0 saturated heterocycles. The Morgan fingerprint density at radius 2 is 1.00 bits per heavy atom. The number of nitrogens with zero attached hydrogens (tertiary/aromatic N) is 4. The third kappa shape index (κ3) is 6.21. The van der Waals surface area contributed by atoms with Crippen LogP contribution in [0.5, 0.6) is 34.5 Å². The zero-order valence-electron chi connectivity index (χ0n) is 26.6. The predicted octanol–water partition coefficient (Wildman–Crippen LogP) is 6.26. The van der Waals surface area contributed by atoms with Crippen molar-refractivity contribution in [3.63, 3.8) is 0 Å². The number of benzene rings is 6. The van der Waals surface area contributed by atoms with Crippen molar-refractivity contribution in [2.24, 2.45) is 0 Å². The molecule has 0 aliphatic carbocycles. The predicted molar refractivity (Wildman–Crippen MR) is 180 cm³/mol. The molecule has 6 rings (SSSR count). The first-order valence-electron chi connectivity index (χ1n) is 14.8. The SMILES string of the molecule is Cc1cc(OS(=O)(=O)c2cccc3c([O-])c([N+]#N)ccc23)cc(O)c1Cc1c(C)cc(OS(=O)(=O)c2cccc3c([O-])c([N+]#N)ccc23)cc1O. The monoisotopic (exact) mass is 724 g/mol. The van der Waals surface area contributed by atoms with Gasteiger partial charge < -0.3 is 28.8 Å². The molecule has 16 heteroatoms.